The number of rotatable bonds is 6. The second-order valence-electron chi connectivity index (χ2n) is 6.13. The van der Waals surface area contributed by atoms with E-state index in [4.69, 9.17) is 0 Å². The van der Waals surface area contributed by atoms with Crippen molar-refractivity contribution in [3.05, 3.63) is 95.8 Å². The Morgan fingerprint density at radius 3 is 1.78 bits per heavy atom. The first-order valence-electron chi connectivity index (χ1n) is 8.55. The van der Waals surface area contributed by atoms with Crippen LogP contribution < -0.4 is 10.6 Å². The Kier molecular flexibility index (Phi) is 5.76. The van der Waals surface area contributed by atoms with E-state index in [9.17, 15) is 13.2 Å². The van der Waals surface area contributed by atoms with Crippen molar-refractivity contribution in [3.63, 3.8) is 0 Å². The van der Waals surface area contributed by atoms with E-state index in [2.05, 4.69) is 15.6 Å². The number of alkyl halides is 3. The lowest BCUT2D eigenvalue weighted by Gasteiger charge is -2.22. The third-order valence-electron chi connectivity index (χ3n) is 4.27. The smallest absolute Gasteiger partial charge is 0.373 e. The van der Waals surface area contributed by atoms with Crippen LogP contribution in [0.3, 0.4) is 0 Å². The van der Waals surface area contributed by atoms with Gasteiger partial charge in [-0.2, -0.15) is 13.2 Å². The van der Waals surface area contributed by atoms with Gasteiger partial charge in [-0.05, 0) is 30.3 Å². The summed E-state index contributed by atoms with van der Waals surface area (Å²) in [6.45, 7) is 0. The van der Waals surface area contributed by atoms with Crippen molar-refractivity contribution in [3.8, 4) is 0 Å². The minimum absolute atomic E-state index is 0.0634. The molecule has 6 heteroatoms. The van der Waals surface area contributed by atoms with Gasteiger partial charge in [-0.15, -0.1) is 0 Å². The summed E-state index contributed by atoms with van der Waals surface area (Å²) in [6, 6.07) is 20.8. The number of pyridine rings is 1. The average molecular weight is 371 g/mol. The van der Waals surface area contributed by atoms with Crippen molar-refractivity contribution in [1.82, 2.24) is 10.3 Å². The maximum Gasteiger partial charge on any atom is 0.409 e. The molecule has 0 spiro atoms. The number of hydrogen-bond donors (Lipinski definition) is 2. The van der Waals surface area contributed by atoms with E-state index in [1.54, 1.807) is 6.07 Å². The molecule has 140 valence electrons. The Hall–Kier alpha value is -2.86. The molecular weight excluding hydrogens is 351 g/mol. The SMILES string of the molecule is CN[C@@H](c1ccc(NC(c2ccccc2)c2ccccc2)cn1)C(F)(F)F. The highest BCUT2D eigenvalue weighted by molar-refractivity contribution is 5.48. The average Bonchev–Trinajstić information content (AvgIpc) is 2.68. The zero-order valence-electron chi connectivity index (χ0n) is 14.7. The van der Waals surface area contributed by atoms with Crippen LogP contribution in [0, 0.1) is 0 Å². The van der Waals surface area contributed by atoms with Crippen molar-refractivity contribution in [2.45, 2.75) is 18.3 Å². The maximum atomic E-state index is 13.0. The summed E-state index contributed by atoms with van der Waals surface area (Å²) >= 11 is 0. The Bertz CT molecular complexity index is 795. The van der Waals surface area contributed by atoms with Gasteiger partial charge < -0.3 is 10.6 Å². The van der Waals surface area contributed by atoms with Crippen LogP contribution in [-0.4, -0.2) is 18.2 Å². The highest BCUT2D eigenvalue weighted by Gasteiger charge is 2.40. The predicted octanol–water partition coefficient (Wildman–Crippen LogP) is 5.11. The zero-order valence-corrected chi connectivity index (χ0v) is 14.7. The minimum atomic E-state index is -4.40. The fraction of sp³-hybridized carbons (Fsp3) is 0.190. The van der Waals surface area contributed by atoms with E-state index in [-0.39, 0.29) is 11.7 Å². The van der Waals surface area contributed by atoms with Crippen molar-refractivity contribution < 1.29 is 13.2 Å². The molecule has 1 heterocycles. The topological polar surface area (TPSA) is 37.0 Å². The Morgan fingerprint density at radius 1 is 0.815 bits per heavy atom. The van der Waals surface area contributed by atoms with Crippen LogP contribution in [0.1, 0.15) is 28.9 Å². The first kappa shape index (κ1) is 18.9. The van der Waals surface area contributed by atoms with Gasteiger partial charge >= 0.3 is 6.18 Å². The lowest BCUT2D eigenvalue weighted by atomic mass is 9.98. The zero-order chi connectivity index (χ0) is 19.3. The Labute approximate surface area is 156 Å². The maximum absolute atomic E-state index is 13.0. The summed E-state index contributed by atoms with van der Waals surface area (Å²) in [5.74, 6) is 0. The highest BCUT2D eigenvalue weighted by atomic mass is 19.4. The van der Waals surface area contributed by atoms with Crippen LogP contribution in [0.2, 0.25) is 0 Å². The van der Waals surface area contributed by atoms with Crippen molar-refractivity contribution in [2.24, 2.45) is 0 Å². The molecule has 0 saturated carbocycles. The van der Waals surface area contributed by atoms with E-state index in [1.807, 2.05) is 60.7 Å². The van der Waals surface area contributed by atoms with Gasteiger partial charge in [0.1, 0.15) is 6.04 Å². The molecule has 0 bridgehead atoms. The van der Waals surface area contributed by atoms with E-state index >= 15 is 0 Å². The number of hydrogen-bond acceptors (Lipinski definition) is 3. The Balaban J connectivity index is 1.87. The van der Waals surface area contributed by atoms with Gasteiger partial charge in [0.05, 0.1) is 23.6 Å². The number of nitrogens with one attached hydrogen (secondary N) is 2. The fourth-order valence-electron chi connectivity index (χ4n) is 2.96. The molecule has 2 aromatic carbocycles. The Morgan fingerprint density at radius 2 is 1.37 bits per heavy atom. The molecular formula is C21H20F3N3. The molecule has 0 radical (unpaired) electrons. The standard InChI is InChI=1S/C21H20F3N3/c1-25-20(21(22,23)24)18-13-12-17(14-26-18)27-19(15-8-4-2-5-9-15)16-10-6-3-7-11-16/h2-14,19-20,25,27H,1H3/t20-/m0/s1. The normalized spacial score (nSPS) is 12.8. The fourth-order valence-corrected chi connectivity index (χ4v) is 2.96. The number of anilines is 1. The lowest BCUT2D eigenvalue weighted by molar-refractivity contribution is -0.157. The molecule has 0 aliphatic rings. The van der Waals surface area contributed by atoms with Gasteiger partial charge in [0, 0.05) is 0 Å². The minimum Gasteiger partial charge on any atom is -0.373 e. The van der Waals surface area contributed by atoms with Crippen LogP contribution in [-0.2, 0) is 0 Å². The van der Waals surface area contributed by atoms with Crippen LogP contribution in [0.15, 0.2) is 79.0 Å². The summed E-state index contributed by atoms with van der Waals surface area (Å²) in [7, 11) is 1.27. The molecule has 1 aromatic heterocycles. The lowest BCUT2D eigenvalue weighted by Crippen LogP contribution is -2.32. The van der Waals surface area contributed by atoms with E-state index < -0.39 is 12.2 Å². The summed E-state index contributed by atoms with van der Waals surface area (Å²) < 4.78 is 39.1. The van der Waals surface area contributed by atoms with E-state index in [0.717, 1.165) is 11.1 Å². The van der Waals surface area contributed by atoms with Gasteiger partial charge in [-0.1, -0.05) is 60.7 Å². The summed E-state index contributed by atoms with van der Waals surface area (Å²) in [6.07, 6.45) is -2.96. The second kappa shape index (κ2) is 8.22. The molecule has 0 unspecified atom stereocenters. The van der Waals surface area contributed by atoms with Gasteiger partial charge in [-0.25, -0.2) is 0 Å². The van der Waals surface area contributed by atoms with E-state index in [1.165, 1.54) is 19.3 Å². The molecule has 1 atom stereocenters. The second-order valence-corrected chi connectivity index (χ2v) is 6.13. The van der Waals surface area contributed by atoms with Crippen LogP contribution >= 0.6 is 0 Å². The number of halogens is 3. The summed E-state index contributed by atoms with van der Waals surface area (Å²) in [5.41, 5.74) is 2.69. The number of nitrogens with zero attached hydrogens (tertiary/aromatic N) is 1. The van der Waals surface area contributed by atoms with Crippen LogP contribution in [0.5, 0.6) is 0 Å². The molecule has 0 aliphatic carbocycles. The third-order valence-corrected chi connectivity index (χ3v) is 4.27. The molecule has 3 rings (SSSR count). The quantitative estimate of drug-likeness (QED) is 0.633. The molecule has 3 aromatic rings. The van der Waals surface area contributed by atoms with Crippen LogP contribution in [0.25, 0.3) is 0 Å². The first-order chi connectivity index (χ1) is 13.0. The van der Waals surface area contributed by atoms with Gasteiger partial charge in [0.25, 0.3) is 0 Å². The third kappa shape index (κ3) is 4.65. The van der Waals surface area contributed by atoms with Crippen molar-refractivity contribution in [2.75, 3.05) is 12.4 Å². The molecule has 3 nitrogen and oxygen atoms in total. The molecule has 0 fully saturated rings. The van der Waals surface area contributed by atoms with Gasteiger partial charge in [0.2, 0.25) is 0 Å². The monoisotopic (exact) mass is 371 g/mol. The van der Waals surface area contributed by atoms with Gasteiger partial charge in [-0.3, -0.25) is 4.98 Å². The number of benzene rings is 2. The highest BCUT2D eigenvalue weighted by Crippen LogP contribution is 2.32. The van der Waals surface area contributed by atoms with Crippen molar-refractivity contribution in [1.29, 1.82) is 0 Å². The molecule has 0 amide bonds. The molecule has 2 N–H and O–H groups in total. The molecule has 0 aliphatic heterocycles. The largest absolute Gasteiger partial charge is 0.409 e. The summed E-state index contributed by atoms with van der Waals surface area (Å²) in [4.78, 5) is 4.01. The number of aromatic nitrogens is 1. The van der Waals surface area contributed by atoms with Gasteiger partial charge in [0.15, 0.2) is 0 Å². The van der Waals surface area contributed by atoms with Crippen LogP contribution in [0.4, 0.5) is 18.9 Å². The van der Waals surface area contributed by atoms with Crippen molar-refractivity contribution >= 4 is 5.69 Å². The first-order valence-corrected chi connectivity index (χ1v) is 8.55. The summed E-state index contributed by atoms with van der Waals surface area (Å²) in [5, 5.41) is 5.63. The predicted molar refractivity (Wildman–Crippen MR) is 100 cm³/mol. The van der Waals surface area contributed by atoms with E-state index in [0.29, 0.717) is 5.69 Å². The molecule has 0 saturated heterocycles. The molecule has 27 heavy (non-hydrogen) atoms.